The predicted octanol–water partition coefficient (Wildman–Crippen LogP) is 10.3. The average molecular weight is 477 g/mol. The van der Waals surface area contributed by atoms with E-state index in [1.807, 2.05) is 0 Å². The topological polar surface area (TPSA) is 0 Å². The van der Waals surface area contributed by atoms with Crippen LogP contribution >= 0.6 is 0 Å². The summed E-state index contributed by atoms with van der Waals surface area (Å²) in [6.45, 7) is 0. The summed E-state index contributed by atoms with van der Waals surface area (Å²) in [7, 11) is 0. The Balaban J connectivity index is 2.13. The third-order valence-corrected chi connectivity index (χ3v) is 6.25. The average Bonchev–Trinajstić information content (AvgIpc) is 3.18. The van der Waals surface area contributed by atoms with Crippen molar-refractivity contribution in [3.05, 3.63) is 133 Å². The van der Waals surface area contributed by atoms with Crippen molar-refractivity contribution in [2.24, 2.45) is 0 Å². The third kappa shape index (κ3) is 2.59. The van der Waals surface area contributed by atoms with E-state index in [1.165, 1.54) is 0 Å². The first kappa shape index (κ1) is 7.91. The van der Waals surface area contributed by atoms with Crippen molar-refractivity contribution in [3.8, 4) is 11.1 Å². The molecule has 0 saturated heterocycles. The zero-order valence-electron chi connectivity index (χ0n) is 40.0. The minimum atomic E-state index is -0.950. The second-order valence-corrected chi connectivity index (χ2v) is 8.00. The SMILES string of the molecule is [2H]c1c([2H])c2c3c(c1[2H])c1c([2H])c([2H])c([2H])c([2H])c1c1c([2H])c([2H])c([2H])c([2H])c1c1c([2H])c([2H])c([2H])c(c1-3)c1c([2H])c([2H])c([2H])c([2H])c1c1c([2H])c([2H])c([2H])c([2H])c21. The van der Waals surface area contributed by atoms with Crippen molar-refractivity contribution in [2.75, 3.05) is 0 Å². The van der Waals surface area contributed by atoms with Crippen LogP contribution in [0.5, 0.6) is 0 Å². The fraction of sp³-hybridized carbons (Fsp3) is 0. The molecular weight excluding hydrogens is 432 g/mol. The van der Waals surface area contributed by atoms with Crippen molar-refractivity contribution in [2.45, 2.75) is 0 Å². The third-order valence-electron chi connectivity index (χ3n) is 6.25. The molecule has 0 heteroatoms. The maximum atomic E-state index is 9.39. The van der Waals surface area contributed by atoms with Crippen LogP contribution in [-0.2, 0) is 0 Å². The summed E-state index contributed by atoms with van der Waals surface area (Å²) in [6, 6.07) is -19.9. The first-order valence-electron chi connectivity index (χ1n) is 21.8. The lowest BCUT2D eigenvalue weighted by molar-refractivity contribution is 1.74. The molecular formula is C36H22. The van der Waals surface area contributed by atoms with Crippen LogP contribution in [-0.4, -0.2) is 0 Å². The van der Waals surface area contributed by atoms with Gasteiger partial charge in [-0.2, -0.15) is 0 Å². The van der Waals surface area contributed by atoms with E-state index in [-0.39, 0.29) is 0 Å². The van der Waals surface area contributed by atoms with E-state index in [0.29, 0.717) is 0 Å². The first-order chi connectivity index (χ1) is 27.0. The number of hydrogen-bond donors (Lipinski definition) is 0. The number of benzene rings is 6. The summed E-state index contributed by atoms with van der Waals surface area (Å²) >= 11 is 0. The van der Waals surface area contributed by atoms with Crippen LogP contribution in [0, 0.1) is 0 Å². The van der Waals surface area contributed by atoms with Crippen molar-refractivity contribution in [3.63, 3.8) is 0 Å². The highest BCUT2D eigenvalue weighted by Gasteiger charge is 2.18. The molecule has 6 aromatic carbocycles. The molecule has 0 fully saturated rings. The molecule has 0 aliphatic heterocycles. The number of rotatable bonds is 0. The number of fused-ring (bicyclic) bond motifs is 10. The Kier molecular flexibility index (Phi) is 1.63. The minimum absolute atomic E-state index is 0.577. The van der Waals surface area contributed by atoms with Crippen LogP contribution in [0.4, 0.5) is 0 Å². The Morgan fingerprint density at radius 3 is 0.611 bits per heavy atom. The largest absolute Gasteiger partial charge is 0.0629 e. The lowest BCUT2D eigenvalue weighted by Gasteiger charge is -2.19. The summed E-state index contributed by atoms with van der Waals surface area (Å²) in [5.41, 5.74) is -1.15. The minimum Gasteiger partial charge on any atom is -0.0616 e. The van der Waals surface area contributed by atoms with Gasteiger partial charge in [0.15, 0.2) is 0 Å². The van der Waals surface area contributed by atoms with Crippen LogP contribution in [0.1, 0.15) is 30.2 Å². The zero-order chi connectivity index (χ0) is 42.8. The smallest absolute Gasteiger partial charge is 0.0616 e. The van der Waals surface area contributed by atoms with Crippen LogP contribution in [0.3, 0.4) is 0 Å². The molecule has 0 amide bonds. The van der Waals surface area contributed by atoms with Gasteiger partial charge in [0.1, 0.15) is 0 Å². The molecule has 0 bridgehead atoms. The molecule has 0 nitrogen and oxygen atoms in total. The van der Waals surface area contributed by atoms with Gasteiger partial charge >= 0.3 is 0 Å². The van der Waals surface area contributed by atoms with Gasteiger partial charge in [-0.25, -0.2) is 0 Å². The summed E-state index contributed by atoms with van der Waals surface area (Å²) in [6.07, 6.45) is 0. The summed E-state index contributed by atoms with van der Waals surface area (Å²) in [4.78, 5) is 0. The Morgan fingerprint density at radius 1 is 0.222 bits per heavy atom. The van der Waals surface area contributed by atoms with Crippen molar-refractivity contribution in [1.29, 1.82) is 0 Å². The van der Waals surface area contributed by atoms with Crippen molar-refractivity contribution in [1.82, 2.24) is 0 Å². The second kappa shape index (κ2) is 7.41. The number of hydrogen-bond acceptors (Lipinski definition) is 0. The molecule has 0 aromatic heterocycles. The maximum Gasteiger partial charge on any atom is 0.0629 e. The van der Waals surface area contributed by atoms with Gasteiger partial charge in [-0.1, -0.05) is 133 Å². The van der Waals surface area contributed by atoms with Crippen molar-refractivity contribution < 1.29 is 30.2 Å². The van der Waals surface area contributed by atoms with Gasteiger partial charge in [-0.3, -0.25) is 0 Å². The molecule has 0 atom stereocenters. The highest BCUT2D eigenvalue weighted by atomic mass is 14.2. The van der Waals surface area contributed by atoms with E-state index in [2.05, 4.69) is 0 Å². The van der Waals surface area contributed by atoms with Gasteiger partial charge in [0.25, 0.3) is 0 Å². The van der Waals surface area contributed by atoms with Crippen molar-refractivity contribution >= 4 is 64.6 Å². The molecule has 6 aromatic rings. The normalized spacial score (nSPS) is 20.4. The van der Waals surface area contributed by atoms with Crippen LogP contribution in [0.2, 0.25) is 0 Å². The molecule has 0 heterocycles. The monoisotopic (exact) mass is 476 g/mol. The van der Waals surface area contributed by atoms with Crippen LogP contribution in [0.25, 0.3) is 75.8 Å². The lowest BCUT2D eigenvalue weighted by Crippen LogP contribution is -1.91. The van der Waals surface area contributed by atoms with E-state index in [9.17, 15) is 11.0 Å². The van der Waals surface area contributed by atoms with Gasteiger partial charge in [0, 0.05) is 0 Å². The van der Waals surface area contributed by atoms with E-state index in [0.717, 1.165) is 0 Å². The molecule has 0 radical (unpaired) electrons. The molecule has 0 spiro atoms. The van der Waals surface area contributed by atoms with Gasteiger partial charge < -0.3 is 0 Å². The highest BCUT2D eigenvalue weighted by Crippen LogP contribution is 2.46. The molecule has 2 aliphatic carbocycles. The Hall–Kier alpha value is -4.68. The quantitative estimate of drug-likeness (QED) is 0.204. The van der Waals surface area contributed by atoms with Gasteiger partial charge in [-0.15, -0.1) is 0 Å². The molecule has 36 heavy (non-hydrogen) atoms. The highest BCUT2D eigenvalue weighted by molar-refractivity contribution is 6.31. The van der Waals surface area contributed by atoms with Gasteiger partial charge in [-0.05, 0) is 75.8 Å². The van der Waals surface area contributed by atoms with E-state index in [1.54, 1.807) is 0 Å². The van der Waals surface area contributed by atoms with E-state index < -0.39 is 209 Å². The summed E-state index contributed by atoms with van der Waals surface area (Å²) < 4.78 is 199. The Bertz CT molecular complexity index is 2920. The molecule has 0 N–H and O–H groups in total. The van der Waals surface area contributed by atoms with Crippen LogP contribution in [0.15, 0.2) is 133 Å². The molecule has 0 saturated carbocycles. The van der Waals surface area contributed by atoms with E-state index >= 15 is 0 Å². The predicted molar refractivity (Wildman–Crippen MR) is 157 cm³/mol. The summed E-state index contributed by atoms with van der Waals surface area (Å²) in [5, 5.41) is -7.66. The van der Waals surface area contributed by atoms with Crippen LogP contribution < -0.4 is 0 Å². The summed E-state index contributed by atoms with van der Waals surface area (Å²) in [5.74, 6) is 0. The molecule has 8 rings (SSSR count). The lowest BCUT2D eigenvalue weighted by atomic mass is 9.84. The zero-order valence-corrected chi connectivity index (χ0v) is 18.0. The second-order valence-electron chi connectivity index (χ2n) is 8.00. The Morgan fingerprint density at radius 2 is 0.389 bits per heavy atom. The standard InChI is InChI=1S/C36H22/c1-5-15-27-23(11-1)24-12-2-6-16-28(24)32-20-10-22-34-30-18-8-4-14-26(30)25-13-3-7-17-29(25)33-21-9-19-31(27)35(33)36(32)34/h1-22H/i1D,2D,3D,4D,5D,6D,7D,8D,9D,10D,11D,12D,13D,14D,15D,16D,17D,18D,19D,20D,21D,22D. The molecule has 2 aliphatic rings. The molecule has 0 unspecified atom stereocenters. The fourth-order valence-electron chi connectivity index (χ4n) is 4.81. The first-order valence-corrected chi connectivity index (χ1v) is 10.8. The molecule has 166 valence electrons. The fourth-order valence-corrected chi connectivity index (χ4v) is 4.81. The van der Waals surface area contributed by atoms with Gasteiger partial charge in [0.2, 0.25) is 0 Å². The van der Waals surface area contributed by atoms with E-state index in [4.69, 9.17) is 19.2 Å². The maximum absolute atomic E-state index is 9.39. The van der Waals surface area contributed by atoms with Gasteiger partial charge in [0.05, 0.1) is 30.2 Å². The Labute approximate surface area is 239 Å².